The highest BCUT2D eigenvalue weighted by molar-refractivity contribution is 5.84. The Morgan fingerprint density at radius 3 is 2.58 bits per heavy atom. The van der Waals surface area contributed by atoms with Crippen molar-refractivity contribution in [1.29, 1.82) is 0 Å². The fraction of sp³-hybridized carbons (Fsp3) is 0.357. The second-order valence-corrected chi connectivity index (χ2v) is 10.4. The molecule has 10 heteroatoms. The first-order valence-corrected chi connectivity index (χ1v) is 12.7. The summed E-state index contributed by atoms with van der Waals surface area (Å²) in [5, 5.41) is 6.18. The van der Waals surface area contributed by atoms with Crippen LogP contribution in [0.2, 0.25) is 0 Å². The van der Waals surface area contributed by atoms with E-state index in [0.29, 0.717) is 43.9 Å². The Bertz CT molecular complexity index is 1520. The lowest BCUT2D eigenvalue weighted by molar-refractivity contribution is 0.0126. The van der Waals surface area contributed by atoms with E-state index in [2.05, 4.69) is 20.6 Å². The van der Waals surface area contributed by atoms with Gasteiger partial charge in [0.25, 0.3) is 10.9 Å². The van der Waals surface area contributed by atoms with Crippen LogP contribution in [-0.4, -0.2) is 45.8 Å². The zero-order valence-electron chi connectivity index (χ0n) is 21.7. The number of hydrogen-bond acceptors (Lipinski definition) is 8. The minimum absolute atomic E-state index is 0.0457. The number of rotatable bonds is 7. The van der Waals surface area contributed by atoms with Crippen LogP contribution in [0.3, 0.4) is 0 Å². The number of hydrogen-bond donors (Lipinski definition) is 3. The largest absolute Gasteiger partial charge is 0.490 e. The highest BCUT2D eigenvalue weighted by Gasteiger charge is 2.28. The summed E-state index contributed by atoms with van der Waals surface area (Å²) < 4.78 is 11.8. The van der Waals surface area contributed by atoms with Crippen molar-refractivity contribution in [1.82, 2.24) is 14.9 Å². The molecule has 1 saturated heterocycles. The third-order valence-electron chi connectivity index (χ3n) is 6.42. The van der Waals surface area contributed by atoms with Crippen LogP contribution in [0.5, 0.6) is 5.75 Å². The van der Waals surface area contributed by atoms with Crippen molar-refractivity contribution in [2.45, 2.75) is 51.9 Å². The Labute approximate surface area is 219 Å². The first-order chi connectivity index (χ1) is 18.2. The number of aromatic amines is 1. The molecule has 198 valence electrons. The maximum absolute atomic E-state index is 12.3. The molecule has 10 nitrogen and oxygen atoms in total. The molecule has 3 aromatic carbocycles. The molecule has 0 unspecified atom stereocenters. The molecule has 0 saturated carbocycles. The van der Waals surface area contributed by atoms with Crippen molar-refractivity contribution in [2.24, 2.45) is 0 Å². The summed E-state index contributed by atoms with van der Waals surface area (Å²) in [6.07, 6.45) is 2.63. The van der Waals surface area contributed by atoms with E-state index in [1.54, 1.807) is 17.3 Å². The molecular weight excluding hydrogens is 486 g/mol. The summed E-state index contributed by atoms with van der Waals surface area (Å²) in [5.74, 6) is 0.702. The molecule has 0 bridgehead atoms. The molecule has 1 fully saturated rings. The monoisotopic (exact) mass is 517 g/mol. The average molecular weight is 518 g/mol. The van der Waals surface area contributed by atoms with E-state index in [4.69, 9.17) is 9.47 Å². The number of nitrogens with one attached hydrogen (secondary N) is 3. The Kier molecular flexibility index (Phi) is 6.79. The number of carbonyl (C=O) groups is 1. The van der Waals surface area contributed by atoms with Crippen LogP contribution in [0, 0.1) is 0 Å². The molecular formula is C28H31N5O5. The maximum Gasteiger partial charge on any atom is 0.410 e. The van der Waals surface area contributed by atoms with E-state index < -0.39 is 16.5 Å². The summed E-state index contributed by atoms with van der Waals surface area (Å²) in [5.41, 5.74) is 2.03. The van der Waals surface area contributed by atoms with Crippen molar-refractivity contribution < 1.29 is 14.3 Å². The predicted octanol–water partition coefficient (Wildman–Crippen LogP) is 4.29. The van der Waals surface area contributed by atoms with Crippen LogP contribution in [0.25, 0.3) is 11.0 Å². The lowest BCUT2D eigenvalue weighted by Gasteiger charge is -2.33. The van der Waals surface area contributed by atoms with Gasteiger partial charge in [-0.15, -0.1) is 0 Å². The summed E-state index contributed by atoms with van der Waals surface area (Å²) in [4.78, 5) is 45.9. The lowest BCUT2D eigenvalue weighted by Crippen LogP contribution is -2.44. The Balaban J connectivity index is 1.21. The molecule has 0 aliphatic carbocycles. The number of aromatic nitrogens is 2. The fourth-order valence-electron chi connectivity index (χ4n) is 4.45. The molecule has 4 aromatic rings. The number of imidazole rings is 1. The van der Waals surface area contributed by atoms with Crippen molar-refractivity contribution in [3.8, 4) is 5.75 Å². The second kappa shape index (κ2) is 10.2. The number of fused-ring (bicyclic) bond motifs is 1. The minimum Gasteiger partial charge on any atom is -0.490 e. The highest BCUT2D eigenvalue weighted by atomic mass is 16.6. The van der Waals surface area contributed by atoms with Crippen LogP contribution in [0.4, 0.5) is 21.9 Å². The Morgan fingerprint density at radius 2 is 1.82 bits per heavy atom. The molecule has 38 heavy (non-hydrogen) atoms. The highest BCUT2D eigenvalue weighted by Crippen LogP contribution is 2.27. The molecule has 0 spiro atoms. The molecule has 1 aromatic heterocycles. The van der Waals surface area contributed by atoms with Crippen molar-refractivity contribution in [3.63, 3.8) is 0 Å². The van der Waals surface area contributed by atoms with Crippen LogP contribution in [-0.2, 0) is 11.3 Å². The van der Waals surface area contributed by atoms with Gasteiger partial charge in [0.2, 0.25) is 0 Å². The summed E-state index contributed by atoms with van der Waals surface area (Å²) >= 11 is 0. The van der Waals surface area contributed by atoms with Crippen LogP contribution >= 0.6 is 0 Å². The van der Waals surface area contributed by atoms with E-state index in [1.165, 1.54) is 0 Å². The smallest absolute Gasteiger partial charge is 0.410 e. The maximum atomic E-state index is 12.3. The zero-order valence-corrected chi connectivity index (χ0v) is 21.7. The third-order valence-corrected chi connectivity index (χ3v) is 6.42. The van der Waals surface area contributed by atoms with Crippen molar-refractivity contribution in [2.75, 3.05) is 23.7 Å². The number of para-hydroxylation sites is 1. The molecule has 0 atom stereocenters. The van der Waals surface area contributed by atoms with Crippen LogP contribution in [0.15, 0.2) is 58.4 Å². The number of piperidine rings is 1. The van der Waals surface area contributed by atoms with E-state index in [-0.39, 0.29) is 23.6 Å². The van der Waals surface area contributed by atoms with E-state index in [1.807, 2.05) is 57.2 Å². The minimum atomic E-state index is -0.557. The first kappa shape index (κ1) is 25.3. The molecule has 2 heterocycles. The quantitative estimate of drug-likeness (QED) is 0.310. The zero-order chi connectivity index (χ0) is 26.9. The van der Waals surface area contributed by atoms with Gasteiger partial charge < -0.3 is 30.0 Å². The van der Waals surface area contributed by atoms with Crippen molar-refractivity contribution in [3.05, 3.63) is 74.8 Å². The van der Waals surface area contributed by atoms with Gasteiger partial charge in [0.15, 0.2) is 0 Å². The number of H-pyrrole nitrogens is 1. The number of benzene rings is 2. The second-order valence-electron chi connectivity index (χ2n) is 10.4. The van der Waals surface area contributed by atoms with Gasteiger partial charge in [0.05, 0.1) is 17.4 Å². The molecule has 0 radical (unpaired) electrons. The molecule has 1 amide bonds. The van der Waals surface area contributed by atoms with Crippen LogP contribution < -0.4 is 26.2 Å². The third kappa shape index (κ3) is 5.49. The van der Waals surface area contributed by atoms with Crippen molar-refractivity contribution >= 4 is 34.2 Å². The molecule has 5 rings (SSSR count). The topological polar surface area (TPSA) is 126 Å². The van der Waals surface area contributed by atoms with Gasteiger partial charge in [0.1, 0.15) is 28.8 Å². The van der Waals surface area contributed by atoms with Gasteiger partial charge in [-0.25, -0.2) is 9.78 Å². The molecule has 1 aliphatic rings. The van der Waals surface area contributed by atoms with Gasteiger partial charge >= 0.3 is 6.09 Å². The number of carbonyl (C=O) groups excluding carboxylic acids is 1. The van der Waals surface area contributed by atoms with E-state index in [0.717, 1.165) is 16.6 Å². The summed E-state index contributed by atoms with van der Waals surface area (Å²) in [6, 6.07) is 13.1. The summed E-state index contributed by atoms with van der Waals surface area (Å²) in [7, 11) is 0. The van der Waals surface area contributed by atoms with Gasteiger partial charge in [-0.1, -0.05) is 18.2 Å². The number of amides is 1. The average Bonchev–Trinajstić information content (AvgIpc) is 3.36. The van der Waals surface area contributed by atoms with Gasteiger partial charge in [-0.2, -0.15) is 0 Å². The number of anilines is 3. The number of nitrogens with zero attached hydrogens (tertiary/aromatic N) is 2. The SMILES string of the molecule is CC(C)(C)OC(=O)N1CCC(Oc2ccccc2CNc2c(Nc3ccc4nc[nH]c4c3)c(=O)c2=O)CC1. The Morgan fingerprint density at radius 1 is 1.08 bits per heavy atom. The molecule has 1 aliphatic heterocycles. The standard InChI is InChI=1S/C28H31N5O5/c1-28(2,3)38-27(36)33-12-10-19(11-13-33)37-22-7-5-4-6-17(22)15-29-23-24(26(35)25(23)34)32-18-8-9-20-21(14-18)31-16-30-20/h4-9,14,16,19,29,32H,10-13,15H2,1-3H3,(H,30,31). The van der Waals surface area contributed by atoms with Gasteiger partial charge in [0, 0.05) is 43.7 Å². The van der Waals surface area contributed by atoms with E-state index >= 15 is 0 Å². The number of ether oxygens (including phenoxy) is 2. The van der Waals surface area contributed by atoms with Crippen LogP contribution in [0.1, 0.15) is 39.2 Å². The normalized spacial score (nSPS) is 14.6. The molecule has 3 N–H and O–H groups in total. The van der Waals surface area contributed by atoms with Gasteiger partial charge in [-0.05, 0) is 45.0 Å². The fourth-order valence-corrected chi connectivity index (χ4v) is 4.45. The number of likely N-dealkylation sites (tertiary alicyclic amines) is 1. The Hall–Kier alpha value is -4.34. The first-order valence-electron chi connectivity index (χ1n) is 12.7. The predicted molar refractivity (Wildman–Crippen MR) is 146 cm³/mol. The summed E-state index contributed by atoms with van der Waals surface area (Å²) in [6.45, 7) is 6.99. The lowest BCUT2D eigenvalue weighted by atomic mass is 10.1. The van der Waals surface area contributed by atoms with E-state index in [9.17, 15) is 14.4 Å². The van der Waals surface area contributed by atoms with Gasteiger partial charge in [-0.3, -0.25) is 9.59 Å².